The lowest BCUT2D eigenvalue weighted by Crippen LogP contribution is -2.24. The van der Waals surface area contributed by atoms with E-state index in [1.54, 1.807) is 22.2 Å². The van der Waals surface area contributed by atoms with Crippen LogP contribution in [0.2, 0.25) is 0 Å². The number of amides is 1. The minimum Gasteiger partial charge on any atom is -0.344 e. The normalized spacial score (nSPS) is 10.6. The fourth-order valence-electron chi connectivity index (χ4n) is 2.48. The number of nitrogens with zero attached hydrogens (tertiary/aromatic N) is 4. The van der Waals surface area contributed by atoms with Crippen molar-refractivity contribution in [1.29, 1.82) is 0 Å². The average molecular weight is 361 g/mol. The quantitative estimate of drug-likeness (QED) is 0.592. The van der Waals surface area contributed by atoms with Crippen LogP contribution in [0.3, 0.4) is 0 Å². The maximum atomic E-state index is 12.5. The number of aromatic nitrogens is 4. The molecular formula is C19H15N5OS. The molecule has 1 aromatic carbocycles. The highest BCUT2D eigenvalue weighted by atomic mass is 32.1. The van der Waals surface area contributed by atoms with Gasteiger partial charge in [0.1, 0.15) is 0 Å². The molecule has 3 aromatic heterocycles. The Morgan fingerprint density at radius 2 is 1.88 bits per heavy atom. The van der Waals surface area contributed by atoms with Gasteiger partial charge < -0.3 is 5.32 Å². The topological polar surface area (TPSA) is 72.7 Å². The number of para-hydroxylation sites is 1. The Morgan fingerprint density at radius 1 is 1.04 bits per heavy atom. The summed E-state index contributed by atoms with van der Waals surface area (Å²) in [7, 11) is 0. The smallest absolute Gasteiger partial charge is 0.291 e. The van der Waals surface area contributed by atoms with Gasteiger partial charge >= 0.3 is 0 Å². The minimum atomic E-state index is -0.330. The molecule has 1 N–H and O–H groups in total. The van der Waals surface area contributed by atoms with Gasteiger partial charge in [0.15, 0.2) is 5.82 Å². The van der Waals surface area contributed by atoms with E-state index in [2.05, 4.69) is 20.4 Å². The first kappa shape index (κ1) is 16.2. The highest BCUT2D eigenvalue weighted by Gasteiger charge is 2.19. The highest BCUT2D eigenvalue weighted by molar-refractivity contribution is 7.13. The molecule has 7 heteroatoms. The van der Waals surface area contributed by atoms with E-state index < -0.39 is 0 Å². The molecule has 3 heterocycles. The number of thiophene rings is 1. The van der Waals surface area contributed by atoms with Gasteiger partial charge in [0.05, 0.1) is 22.8 Å². The standard InChI is InChI=1S/C19H15N5OS/c25-19(21-13-14-7-4-5-11-20-14)17-22-18(16-10-6-12-26-16)24(23-17)15-8-2-1-3-9-15/h1-12H,13H2,(H,21,25). The lowest BCUT2D eigenvalue weighted by Gasteiger charge is -2.03. The van der Waals surface area contributed by atoms with E-state index in [9.17, 15) is 4.79 Å². The molecule has 0 aliphatic carbocycles. The number of carbonyl (C=O) groups excluding carboxylic acids is 1. The molecule has 4 rings (SSSR count). The maximum Gasteiger partial charge on any atom is 0.291 e. The molecule has 128 valence electrons. The maximum absolute atomic E-state index is 12.5. The van der Waals surface area contributed by atoms with Crippen LogP contribution in [0.1, 0.15) is 16.3 Å². The molecule has 26 heavy (non-hydrogen) atoms. The summed E-state index contributed by atoms with van der Waals surface area (Å²) in [6.45, 7) is 0.327. The fourth-order valence-corrected chi connectivity index (χ4v) is 3.17. The number of hydrogen-bond acceptors (Lipinski definition) is 5. The molecule has 0 spiro atoms. The van der Waals surface area contributed by atoms with E-state index in [0.717, 1.165) is 16.3 Å². The number of carbonyl (C=O) groups is 1. The summed E-state index contributed by atoms with van der Waals surface area (Å²) in [5.74, 6) is 0.450. The molecule has 0 saturated heterocycles. The third-order valence-corrected chi connectivity index (χ3v) is 4.57. The largest absolute Gasteiger partial charge is 0.344 e. The first-order valence-electron chi connectivity index (χ1n) is 8.06. The Balaban J connectivity index is 1.64. The van der Waals surface area contributed by atoms with Crippen LogP contribution in [0.25, 0.3) is 16.4 Å². The van der Waals surface area contributed by atoms with Gasteiger partial charge in [0.25, 0.3) is 5.91 Å². The van der Waals surface area contributed by atoms with Crippen molar-refractivity contribution in [3.8, 4) is 16.4 Å². The second kappa shape index (κ2) is 7.28. The summed E-state index contributed by atoms with van der Waals surface area (Å²) in [6, 6.07) is 19.1. The molecule has 0 fully saturated rings. The van der Waals surface area contributed by atoms with Crippen molar-refractivity contribution in [2.24, 2.45) is 0 Å². The first-order chi connectivity index (χ1) is 12.8. The summed E-state index contributed by atoms with van der Waals surface area (Å²) < 4.78 is 1.70. The van der Waals surface area contributed by atoms with Crippen LogP contribution >= 0.6 is 11.3 Å². The molecule has 0 saturated carbocycles. The van der Waals surface area contributed by atoms with Crippen molar-refractivity contribution in [2.45, 2.75) is 6.54 Å². The molecular weight excluding hydrogens is 346 g/mol. The molecule has 0 atom stereocenters. The fraction of sp³-hybridized carbons (Fsp3) is 0.0526. The Kier molecular flexibility index (Phi) is 4.53. The number of benzene rings is 1. The predicted octanol–water partition coefficient (Wildman–Crippen LogP) is 3.32. The average Bonchev–Trinajstić information content (AvgIpc) is 3.37. The molecule has 6 nitrogen and oxygen atoms in total. The van der Waals surface area contributed by atoms with Crippen LogP contribution in [0.5, 0.6) is 0 Å². The van der Waals surface area contributed by atoms with Crippen LogP contribution in [0, 0.1) is 0 Å². The Hall–Kier alpha value is -3.32. The zero-order valence-electron chi connectivity index (χ0n) is 13.7. The first-order valence-corrected chi connectivity index (χ1v) is 8.94. The summed E-state index contributed by atoms with van der Waals surface area (Å²) in [5.41, 5.74) is 1.63. The van der Waals surface area contributed by atoms with Gasteiger partial charge in [-0.05, 0) is 35.7 Å². The van der Waals surface area contributed by atoms with Crippen LogP contribution in [-0.2, 0) is 6.54 Å². The zero-order valence-corrected chi connectivity index (χ0v) is 14.6. The second-order valence-corrected chi connectivity index (χ2v) is 6.44. The van der Waals surface area contributed by atoms with Crippen molar-refractivity contribution in [3.05, 3.63) is 83.8 Å². The van der Waals surface area contributed by atoms with Gasteiger partial charge in [-0.1, -0.05) is 30.3 Å². The third-order valence-electron chi connectivity index (χ3n) is 3.71. The molecule has 0 bridgehead atoms. The molecule has 0 radical (unpaired) electrons. The molecule has 0 aliphatic rings. The number of rotatable bonds is 5. The van der Waals surface area contributed by atoms with E-state index in [1.165, 1.54) is 0 Å². The third kappa shape index (κ3) is 3.38. The predicted molar refractivity (Wildman–Crippen MR) is 100 cm³/mol. The summed E-state index contributed by atoms with van der Waals surface area (Å²) in [4.78, 5) is 22.1. The summed E-state index contributed by atoms with van der Waals surface area (Å²) >= 11 is 1.56. The van der Waals surface area contributed by atoms with E-state index >= 15 is 0 Å². The van der Waals surface area contributed by atoms with Crippen LogP contribution in [0.15, 0.2) is 72.2 Å². The summed E-state index contributed by atoms with van der Waals surface area (Å²) in [6.07, 6.45) is 1.69. The zero-order chi connectivity index (χ0) is 17.8. The van der Waals surface area contributed by atoms with Gasteiger partial charge in [-0.25, -0.2) is 9.67 Å². The van der Waals surface area contributed by atoms with E-state index in [-0.39, 0.29) is 11.7 Å². The highest BCUT2D eigenvalue weighted by Crippen LogP contribution is 2.25. The van der Waals surface area contributed by atoms with Gasteiger partial charge in [-0.3, -0.25) is 9.78 Å². The molecule has 4 aromatic rings. The van der Waals surface area contributed by atoms with Crippen LogP contribution < -0.4 is 5.32 Å². The van der Waals surface area contributed by atoms with Crippen molar-refractivity contribution < 1.29 is 4.79 Å². The van der Waals surface area contributed by atoms with Gasteiger partial charge in [0.2, 0.25) is 5.82 Å². The van der Waals surface area contributed by atoms with Gasteiger partial charge in [0, 0.05) is 6.20 Å². The Labute approximate surface area is 154 Å². The van der Waals surface area contributed by atoms with Crippen molar-refractivity contribution in [1.82, 2.24) is 25.1 Å². The van der Waals surface area contributed by atoms with Crippen molar-refractivity contribution in [2.75, 3.05) is 0 Å². The number of hydrogen-bond donors (Lipinski definition) is 1. The monoisotopic (exact) mass is 361 g/mol. The summed E-state index contributed by atoms with van der Waals surface area (Å²) in [5, 5.41) is 9.22. The number of pyridine rings is 1. The van der Waals surface area contributed by atoms with E-state index in [0.29, 0.717) is 12.4 Å². The Bertz CT molecular complexity index is 997. The van der Waals surface area contributed by atoms with Crippen molar-refractivity contribution in [3.63, 3.8) is 0 Å². The lowest BCUT2D eigenvalue weighted by molar-refractivity contribution is 0.0940. The molecule has 0 unspecified atom stereocenters. The molecule has 0 aliphatic heterocycles. The van der Waals surface area contributed by atoms with Crippen LogP contribution in [-0.4, -0.2) is 25.7 Å². The van der Waals surface area contributed by atoms with E-state index in [1.807, 2.05) is 66.0 Å². The SMILES string of the molecule is O=C(NCc1ccccn1)c1nc(-c2cccs2)n(-c2ccccc2)n1. The lowest BCUT2D eigenvalue weighted by atomic mass is 10.3. The van der Waals surface area contributed by atoms with Gasteiger partial charge in [-0.2, -0.15) is 0 Å². The Morgan fingerprint density at radius 3 is 2.62 bits per heavy atom. The van der Waals surface area contributed by atoms with Crippen molar-refractivity contribution >= 4 is 17.2 Å². The van der Waals surface area contributed by atoms with Crippen LogP contribution in [0.4, 0.5) is 0 Å². The number of nitrogens with one attached hydrogen (secondary N) is 1. The van der Waals surface area contributed by atoms with Gasteiger partial charge in [-0.15, -0.1) is 16.4 Å². The minimum absolute atomic E-state index is 0.133. The second-order valence-electron chi connectivity index (χ2n) is 5.49. The molecule has 1 amide bonds. The van der Waals surface area contributed by atoms with E-state index in [4.69, 9.17) is 0 Å².